The summed E-state index contributed by atoms with van der Waals surface area (Å²) in [5, 5.41) is 4.16. The molecule has 1 aromatic carbocycles. The molecule has 0 saturated carbocycles. The van der Waals surface area contributed by atoms with Crippen molar-refractivity contribution in [3.8, 4) is 0 Å². The fourth-order valence-electron chi connectivity index (χ4n) is 1.77. The molecular weight excluding hydrogens is 242 g/mol. The third-order valence-electron chi connectivity index (χ3n) is 3.36. The first-order valence-corrected chi connectivity index (χ1v) is 7.17. The molecule has 3 N–H and O–H groups in total. The summed E-state index contributed by atoms with van der Waals surface area (Å²) in [6.07, 6.45) is 1.18. The molecule has 2 rings (SSSR count). The smallest absolute Gasteiger partial charge is 0.181 e. The molecule has 3 nitrogen and oxygen atoms in total. The van der Waals surface area contributed by atoms with Crippen LogP contribution in [0.3, 0.4) is 0 Å². The summed E-state index contributed by atoms with van der Waals surface area (Å²) in [6, 6.07) is 6.34. The van der Waals surface area contributed by atoms with Crippen molar-refractivity contribution in [2.75, 3.05) is 12.3 Å². The zero-order valence-electron chi connectivity index (χ0n) is 11.3. The lowest BCUT2D eigenvalue weighted by Crippen LogP contribution is -2.28. The molecule has 18 heavy (non-hydrogen) atoms. The van der Waals surface area contributed by atoms with Gasteiger partial charge in [0, 0.05) is 13.1 Å². The highest BCUT2D eigenvalue weighted by Gasteiger charge is 2.13. The average molecular weight is 263 g/mol. The van der Waals surface area contributed by atoms with Crippen molar-refractivity contribution in [1.29, 1.82) is 0 Å². The van der Waals surface area contributed by atoms with Crippen LogP contribution in [-0.4, -0.2) is 11.5 Å². The van der Waals surface area contributed by atoms with Crippen LogP contribution in [0.15, 0.2) is 18.2 Å². The third kappa shape index (κ3) is 3.21. The van der Waals surface area contributed by atoms with Crippen LogP contribution in [0.1, 0.15) is 32.8 Å². The van der Waals surface area contributed by atoms with Gasteiger partial charge in [-0.1, -0.05) is 38.2 Å². The predicted octanol–water partition coefficient (Wildman–Crippen LogP) is 3.40. The van der Waals surface area contributed by atoms with Crippen LogP contribution in [-0.2, 0) is 6.54 Å². The molecule has 0 aliphatic heterocycles. The SMILES string of the molecule is CCC(C)(C)CNCc1ccc2nc(N)sc2c1. The van der Waals surface area contributed by atoms with Crippen molar-refractivity contribution in [3.05, 3.63) is 23.8 Å². The number of anilines is 1. The van der Waals surface area contributed by atoms with Crippen LogP contribution < -0.4 is 11.1 Å². The van der Waals surface area contributed by atoms with E-state index in [0.717, 1.165) is 18.6 Å². The molecule has 0 amide bonds. The molecule has 4 heteroatoms. The Bertz CT molecular complexity index is 531. The van der Waals surface area contributed by atoms with Crippen molar-refractivity contribution in [1.82, 2.24) is 10.3 Å². The van der Waals surface area contributed by atoms with Gasteiger partial charge in [0.2, 0.25) is 0 Å². The van der Waals surface area contributed by atoms with Gasteiger partial charge in [-0.25, -0.2) is 4.98 Å². The van der Waals surface area contributed by atoms with Gasteiger partial charge in [-0.15, -0.1) is 0 Å². The van der Waals surface area contributed by atoms with E-state index in [1.54, 1.807) is 11.3 Å². The zero-order chi connectivity index (χ0) is 13.2. The Labute approximate surface area is 112 Å². The molecule has 0 aliphatic rings. The molecule has 1 aromatic heterocycles. The van der Waals surface area contributed by atoms with E-state index in [4.69, 9.17) is 5.73 Å². The summed E-state index contributed by atoms with van der Waals surface area (Å²) in [7, 11) is 0. The van der Waals surface area contributed by atoms with Gasteiger partial charge in [0.05, 0.1) is 10.2 Å². The first-order chi connectivity index (χ1) is 8.50. The minimum absolute atomic E-state index is 0.360. The van der Waals surface area contributed by atoms with Gasteiger partial charge < -0.3 is 11.1 Å². The van der Waals surface area contributed by atoms with Crippen molar-refractivity contribution in [2.45, 2.75) is 33.7 Å². The first-order valence-electron chi connectivity index (χ1n) is 6.36. The number of hydrogen-bond acceptors (Lipinski definition) is 4. The minimum Gasteiger partial charge on any atom is -0.375 e. The maximum Gasteiger partial charge on any atom is 0.181 e. The highest BCUT2D eigenvalue weighted by atomic mass is 32.1. The number of fused-ring (bicyclic) bond motifs is 1. The fraction of sp³-hybridized carbons (Fsp3) is 0.500. The number of nitrogens with one attached hydrogen (secondary N) is 1. The Morgan fingerprint density at radius 3 is 2.89 bits per heavy atom. The van der Waals surface area contributed by atoms with Gasteiger partial charge in [-0.3, -0.25) is 0 Å². The third-order valence-corrected chi connectivity index (χ3v) is 4.21. The Kier molecular flexibility index (Phi) is 3.88. The summed E-state index contributed by atoms with van der Waals surface area (Å²) >= 11 is 1.55. The van der Waals surface area contributed by atoms with E-state index < -0.39 is 0 Å². The summed E-state index contributed by atoms with van der Waals surface area (Å²) in [5.74, 6) is 0. The molecule has 0 fully saturated rings. The maximum atomic E-state index is 5.71. The minimum atomic E-state index is 0.360. The quantitative estimate of drug-likeness (QED) is 0.869. The summed E-state index contributed by atoms with van der Waals surface area (Å²) in [4.78, 5) is 4.26. The van der Waals surface area contributed by atoms with Gasteiger partial charge in [0.25, 0.3) is 0 Å². The van der Waals surface area contributed by atoms with E-state index in [9.17, 15) is 0 Å². The van der Waals surface area contributed by atoms with Gasteiger partial charge in [0.1, 0.15) is 0 Å². The molecule has 1 heterocycles. The lowest BCUT2D eigenvalue weighted by atomic mass is 9.90. The van der Waals surface area contributed by atoms with E-state index in [1.807, 2.05) is 6.07 Å². The number of nitrogens with two attached hydrogens (primary N) is 1. The number of aromatic nitrogens is 1. The second-order valence-electron chi connectivity index (χ2n) is 5.48. The Balaban J connectivity index is 1.99. The van der Waals surface area contributed by atoms with Crippen molar-refractivity contribution < 1.29 is 0 Å². The molecule has 0 radical (unpaired) electrons. The molecule has 98 valence electrons. The van der Waals surface area contributed by atoms with Crippen LogP contribution in [0.25, 0.3) is 10.2 Å². The predicted molar refractivity (Wildman–Crippen MR) is 79.8 cm³/mol. The van der Waals surface area contributed by atoms with E-state index in [-0.39, 0.29) is 0 Å². The van der Waals surface area contributed by atoms with E-state index >= 15 is 0 Å². The second-order valence-corrected chi connectivity index (χ2v) is 6.54. The summed E-state index contributed by atoms with van der Waals surface area (Å²) in [6.45, 7) is 8.73. The van der Waals surface area contributed by atoms with Gasteiger partial charge in [-0.05, 0) is 29.5 Å². The van der Waals surface area contributed by atoms with Gasteiger partial charge in [0.15, 0.2) is 5.13 Å². The van der Waals surface area contributed by atoms with Crippen molar-refractivity contribution >= 4 is 26.7 Å². The number of thiazole rings is 1. The summed E-state index contributed by atoms with van der Waals surface area (Å²) < 4.78 is 1.17. The number of nitrogen functional groups attached to an aromatic ring is 1. The molecule has 0 aliphatic carbocycles. The van der Waals surface area contributed by atoms with E-state index in [0.29, 0.717) is 10.5 Å². The first kappa shape index (κ1) is 13.3. The topological polar surface area (TPSA) is 50.9 Å². The molecule has 0 bridgehead atoms. The fourth-order valence-corrected chi connectivity index (χ4v) is 2.56. The monoisotopic (exact) mass is 263 g/mol. The maximum absolute atomic E-state index is 5.71. The lowest BCUT2D eigenvalue weighted by molar-refractivity contribution is 0.328. The molecule has 0 spiro atoms. The van der Waals surface area contributed by atoms with Gasteiger partial charge in [-0.2, -0.15) is 0 Å². The van der Waals surface area contributed by atoms with Crippen LogP contribution >= 0.6 is 11.3 Å². The molecule has 0 atom stereocenters. The normalized spacial score (nSPS) is 12.2. The number of hydrogen-bond donors (Lipinski definition) is 2. The molecule has 0 saturated heterocycles. The Hall–Kier alpha value is -1.13. The zero-order valence-corrected chi connectivity index (χ0v) is 12.1. The highest BCUT2D eigenvalue weighted by molar-refractivity contribution is 7.22. The largest absolute Gasteiger partial charge is 0.375 e. The van der Waals surface area contributed by atoms with E-state index in [1.165, 1.54) is 16.7 Å². The van der Waals surface area contributed by atoms with Crippen molar-refractivity contribution in [3.63, 3.8) is 0 Å². The number of nitrogens with zero attached hydrogens (tertiary/aromatic N) is 1. The van der Waals surface area contributed by atoms with Crippen LogP contribution in [0.5, 0.6) is 0 Å². The van der Waals surface area contributed by atoms with Crippen LogP contribution in [0.2, 0.25) is 0 Å². The standard InChI is InChI=1S/C14H21N3S/c1-4-14(2,3)9-16-8-10-5-6-11-12(7-10)18-13(15)17-11/h5-7,16H,4,8-9H2,1-3H3,(H2,15,17). The number of benzene rings is 1. The Morgan fingerprint density at radius 1 is 1.39 bits per heavy atom. The summed E-state index contributed by atoms with van der Waals surface area (Å²) in [5.41, 5.74) is 8.35. The highest BCUT2D eigenvalue weighted by Crippen LogP contribution is 2.24. The van der Waals surface area contributed by atoms with Gasteiger partial charge >= 0.3 is 0 Å². The average Bonchev–Trinajstić information content (AvgIpc) is 2.68. The second kappa shape index (κ2) is 5.24. The molecule has 2 aromatic rings. The lowest BCUT2D eigenvalue weighted by Gasteiger charge is -2.22. The molecular formula is C14H21N3S. The molecule has 0 unspecified atom stereocenters. The van der Waals surface area contributed by atoms with Crippen LogP contribution in [0.4, 0.5) is 5.13 Å². The van der Waals surface area contributed by atoms with Crippen molar-refractivity contribution in [2.24, 2.45) is 5.41 Å². The van der Waals surface area contributed by atoms with E-state index in [2.05, 4.69) is 43.2 Å². The van der Waals surface area contributed by atoms with Crippen LogP contribution in [0, 0.1) is 5.41 Å². The Morgan fingerprint density at radius 2 is 2.17 bits per heavy atom. The number of rotatable bonds is 5.